The standard InChI is InChI=1S/C21H29N3/c1-3-24(14-10-18-8-12-22-13-9-18)17(2)15-19-6-7-21-20(16-19)5-4-11-23-21/h6-9,12-13,16-17,23H,3-5,10-11,14-15H2,1-2H3. The van der Waals surface area contributed by atoms with Gasteiger partial charge in [-0.15, -0.1) is 0 Å². The minimum absolute atomic E-state index is 0.562. The molecule has 128 valence electrons. The molecule has 24 heavy (non-hydrogen) atoms. The Hall–Kier alpha value is -1.87. The summed E-state index contributed by atoms with van der Waals surface area (Å²) < 4.78 is 0. The van der Waals surface area contributed by atoms with E-state index in [1.165, 1.54) is 35.2 Å². The van der Waals surface area contributed by atoms with Crippen molar-refractivity contribution >= 4 is 5.69 Å². The monoisotopic (exact) mass is 323 g/mol. The van der Waals surface area contributed by atoms with Crippen molar-refractivity contribution in [3.8, 4) is 0 Å². The van der Waals surface area contributed by atoms with Crippen molar-refractivity contribution in [2.75, 3.05) is 25.0 Å². The third-order valence-electron chi connectivity index (χ3n) is 5.11. The Morgan fingerprint density at radius 1 is 1.17 bits per heavy atom. The Morgan fingerprint density at radius 2 is 2.00 bits per heavy atom. The molecule has 0 spiro atoms. The Labute approximate surface area is 146 Å². The second-order valence-electron chi connectivity index (χ2n) is 6.81. The molecule has 0 radical (unpaired) electrons. The Kier molecular flexibility index (Phi) is 5.86. The molecular weight excluding hydrogens is 294 g/mol. The fraction of sp³-hybridized carbons (Fsp3) is 0.476. The molecule has 3 rings (SSSR count). The average Bonchev–Trinajstić information content (AvgIpc) is 2.63. The summed E-state index contributed by atoms with van der Waals surface area (Å²) in [5, 5.41) is 3.50. The van der Waals surface area contributed by atoms with Crippen LogP contribution in [0.1, 0.15) is 37.0 Å². The van der Waals surface area contributed by atoms with Gasteiger partial charge < -0.3 is 10.2 Å². The van der Waals surface area contributed by atoms with Gasteiger partial charge in [-0.3, -0.25) is 4.98 Å². The maximum Gasteiger partial charge on any atom is 0.0372 e. The first-order chi connectivity index (χ1) is 11.8. The fourth-order valence-electron chi connectivity index (χ4n) is 3.64. The molecule has 1 aliphatic rings. The quantitative estimate of drug-likeness (QED) is 0.836. The summed E-state index contributed by atoms with van der Waals surface area (Å²) >= 11 is 0. The van der Waals surface area contributed by atoms with Crippen LogP contribution in [0.25, 0.3) is 0 Å². The van der Waals surface area contributed by atoms with Gasteiger partial charge in [0.25, 0.3) is 0 Å². The number of aryl methyl sites for hydroxylation is 1. The van der Waals surface area contributed by atoms with Gasteiger partial charge in [-0.1, -0.05) is 19.1 Å². The van der Waals surface area contributed by atoms with E-state index in [0.717, 1.165) is 32.5 Å². The molecular formula is C21H29N3. The SMILES string of the molecule is CCN(CCc1ccncc1)C(C)Cc1ccc2c(c1)CCCN2. The highest BCUT2D eigenvalue weighted by Crippen LogP contribution is 2.24. The molecule has 0 saturated heterocycles. The lowest BCUT2D eigenvalue weighted by molar-refractivity contribution is 0.221. The van der Waals surface area contributed by atoms with Crippen LogP contribution in [0.4, 0.5) is 5.69 Å². The predicted molar refractivity (Wildman–Crippen MR) is 102 cm³/mol. The zero-order valence-corrected chi connectivity index (χ0v) is 15.0. The molecule has 1 N–H and O–H groups in total. The molecule has 0 aliphatic carbocycles. The number of hydrogen-bond acceptors (Lipinski definition) is 3. The molecule has 1 atom stereocenters. The third-order valence-corrected chi connectivity index (χ3v) is 5.11. The number of anilines is 1. The zero-order valence-electron chi connectivity index (χ0n) is 15.0. The molecule has 2 heterocycles. The van der Waals surface area contributed by atoms with Gasteiger partial charge in [-0.2, -0.15) is 0 Å². The average molecular weight is 323 g/mol. The van der Waals surface area contributed by atoms with Crippen LogP contribution in [0.2, 0.25) is 0 Å². The lowest BCUT2D eigenvalue weighted by atomic mass is 9.97. The van der Waals surface area contributed by atoms with Crippen molar-refractivity contribution in [1.29, 1.82) is 0 Å². The van der Waals surface area contributed by atoms with E-state index < -0.39 is 0 Å². The van der Waals surface area contributed by atoms with Gasteiger partial charge in [-0.05, 0) is 74.0 Å². The Morgan fingerprint density at radius 3 is 2.79 bits per heavy atom. The summed E-state index contributed by atoms with van der Waals surface area (Å²) in [7, 11) is 0. The largest absolute Gasteiger partial charge is 0.385 e. The number of nitrogens with one attached hydrogen (secondary N) is 1. The van der Waals surface area contributed by atoms with Gasteiger partial charge in [0.2, 0.25) is 0 Å². The van der Waals surface area contributed by atoms with E-state index in [1.54, 1.807) is 0 Å². The number of pyridine rings is 1. The van der Waals surface area contributed by atoms with Crippen molar-refractivity contribution in [3.63, 3.8) is 0 Å². The Bertz CT molecular complexity index is 639. The van der Waals surface area contributed by atoms with Crippen LogP contribution < -0.4 is 5.32 Å². The summed E-state index contributed by atoms with van der Waals surface area (Å²) in [6.45, 7) is 7.93. The van der Waals surface area contributed by atoms with Crippen molar-refractivity contribution in [2.45, 2.75) is 45.6 Å². The molecule has 0 saturated carbocycles. The van der Waals surface area contributed by atoms with Crippen molar-refractivity contribution in [3.05, 3.63) is 59.4 Å². The van der Waals surface area contributed by atoms with Gasteiger partial charge in [-0.25, -0.2) is 0 Å². The van der Waals surface area contributed by atoms with Crippen LogP contribution in [0, 0.1) is 0 Å². The molecule has 1 aromatic carbocycles. The highest BCUT2D eigenvalue weighted by molar-refractivity contribution is 5.54. The molecule has 0 amide bonds. The lowest BCUT2D eigenvalue weighted by Crippen LogP contribution is -2.36. The van der Waals surface area contributed by atoms with E-state index >= 15 is 0 Å². The van der Waals surface area contributed by atoms with Gasteiger partial charge >= 0.3 is 0 Å². The van der Waals surface area contributed by atoms with Crippen LogP contribution in [-0.2, 0) is 19.3 Å². The second kappa shape index (κ2) is 8.29. The van der Waals surface area contributed by atoms with Crippen LogP contribution in [-0.4, -0.2) is 35.6 Å². The summed E-state index contributed by atoms with van der Waals surface area (Å²) in [6.07, 6.45) is 8.45. The molecule has 0 fully saturated rings. The maximum absolute atomic E-state index is 4.10. The number of benzene rings is 1. The van der Waals surface area contributed by atoms with Gasteiger partial charge in [0, 0.05) is 37.2 Å². The van der Waals surface area contributed by atoms with Crippen LogP contribution in [0.3, 0.4) is 0 Å². The molecule has 0 bridgehead atoms. The van der Waals surface area contributed by atoms with E-state index in [0.29, 0.717) is 6.04 Å². The van der Waals surface area contributed by atoms with E-state index in [-0.39, 0.29) is 0 Å². The van der Waals surface area contributed by atoms with Gasteiger partial charge in [0.1, 0.15) is 0 Å². The first kappa shape index (κ1) is 17.0. The van der Waals surface area contributed by atoms with Gasteiger partial charge in [0.15, 0.2) is 0 Å². The predicted octanol–water partition coefficient (Wildman–Crippen LogP) is 3.94. The highest BCUT2D eigenvalue weighted by Gasteiger charge is 2.14. The fourth-order valence-corrected chi connectivity index (χ4v) is 3.64. The third kappa shape index (κ3) is 4.35. The number of aromatic nitrogens is 1. The van der Waals surface area contributed by atoms with E-state index in [2.05, 4.69) is 59.4 Å². The van der Waals surface area contributed by atoms with Crippen LogP contribution in [0.15, 0.2) is 42.7 Å². The highest BCUT2D eigenvalue weighted by atomic mass is 15.1. The zero-order chi connectivity index (χ0) is 16.8. The summed E-state index contributed by atoms with van der Waals surface area (Å²) in [5.41, 5.74) is 5.66. The topological polar surface area (TPSA) is 28.2 Å². The second-order valence-corrected chi connectivity index (χ2v) is 6.81. The lowest BCUT2D eigenvalue weighted by Gasteiger charge is -2.28. The molecule has 3 nitrogen and oxygen atoms in total. The maximum atomic E-state index is 4.10. The summed E-state index contributed by atoms with van der Waals surface area (Å²) in [4.78, 5) is 6.68. The van der Waals surface area contributed by atoms with E-state index in [1.807, 2.05) is 12.4 Å². The molecule has 1 aliphatic heterocycles. The molecule has 3 heteroatoms. The minimum atomic E-state index is 0.562. The first-order valence-electron chi connectivity index (χ1n) is 9.25. The molecule has 1 aromatic heterocycles. The number of nitrogens with zero attached hydrogens (tertiary/aromatic N) is 2. The van der Waals surface area contributed by atoms with E-state index in [4.69, 9.17) is 0 Å². The number of rotatable bonds is 7. The first-order valence-corrected chi connectivity index (χ1v) is 9.25. The van der Waals surface area contributed by atoms with Crippen LogP contribution >= 0.6 is 0 Å². The van der Waals surface area contributed by atoms with Gasteiger partial charge in [0.05, 0.1) is 0 Å². The number of fused-ring (bicyclic) bond motifs is 1. The van der Waals surface area contributed by atoms with Crippen molar-refractivity contribution < 1.29 is 0 Å². The smallest absolute Gasteiger partial charge is 0.0372 e. The minimum Gasteiger partial charge on any atom is -0.385 e. The van der Waals surface area contributed by atoms with Crippen molar-refractivity contribution in [1.82, 2.24) is 9.88 Å². The summed E-state index contributed by atoms with van der Waals surface area (Å²) in [6, 6.07) is 11.8. The van der Waals surface area contributed by atoms with Crippen molar-refractivity contribution in [2.24, 2.45) is 0 Å². The molecule has 2 aromatic rings. The molecule has 1 unspecified atom stereocenters. The summed E-state index contributed by atoms with van der Waals surface area (Å²) in [5.74, 6) is 0. The Balaban J connectivity index is 1.58. The normalized spacial score (nSPS) is 15.0. The van der Waals surface area contributed by atoms with E-state index in [9.17, 15) is 0 Å². The van der Waals surface area contributed by atoms with Crippen LogP contribution in [0.5, 0.6) is 0 Å². The number of hydrogen-bond donors (Lipinski definition) is 1. The number of likely N-dealkylation sites (N-methyl/N-ethyl adjacent to an activating group) is 1.